The van der Waals surface area contributed by atoms with Gasteiger partial charge in [0.15, 0.2) is 0 Å². The fraction of sp³-hybridized carbons (Fsp3) is 0.700. The second-order valence-electron chi connectivity index (χ2n) is 4.23. The van der Waals surface area contributed by atoms with Crippen molar-refractivity contribution in [1.29, 1.82) is 0 Å². The predicted octanol–water partition coefficient (Wildman–Crippen LogP) is 1.11. The average molecular weight is 240 g/mol. The minimum atomic E-state index is -0.0409. The first-order valence-electron chi connectivity index (χ1n) is 5.51. The summed E-state index contributed by atoms with van der Waals surface area (Å²) < 4.78 is 4.33. The number of nitrogens with zero attached hydrogens (tertiary/aromatic N) is 2. The third kappa shape index (κ3) is 2.38. The van der Waals surface area contributed by atoms with E-state index < -0.39 is 0 Å². The molecule has 0 spiro atoms. The van der Waals surface area contributed by atoms with Gasteiger partial charge in [0.2, 0.25) is 5.91 Å². The van der Waals surface area contributed by atoms with Gasteiger partial charge in [-0.05, 0) is 44.1 Å². The third-order valence-corrected chi connectivity index (χ3v) is 3.78. The van der Waals surface area contributed by atoms with Crippen LogP contribution in [0.5, 0.6) is 0 Å². The van der Waals surface area contributed by atoms with Gasteiger partial charge in [0, 0.05) is 11.8 Å². The van der Waals surface area contributed by atoms with E-state index in [0.29, 0.717) is 5.92 Å². The quantitative estimate of drug-likeness (QED) is 0.461. The molecule has 0 aliphatic heterocycles. The highest BCUT2D eigenvalue weighted by Crippen LogP contribution is 2.34. The molecule has 3 N–H and O–H groups in total. The summed E-state index contributed by atoms with van der Waals surface area (Å²) in [4.78, 5) is 15.8. The Labute approximate surface area is 98.6 Å². The summed E-state index contributed by atoms with van der Waals surface area (Å²) >= 11 is 1.45. The molecular formula is C10H16N4OS. The van der Waals surface area contributed by atoms with Crippen LogP contribution in [-0.4, -0.2) is 15.3 Å². The Bertz CT molecular complexity index is 371. The number of carbonyl (C=O) groups excluding carboxylic acids is 1. The lowest BCUT2D eigenvalue weighted by molar-refractivity contribution is -0.126. The smallest absolute Gasteiger partial charge is 0.236 e. The summed E-state index contributed by atoms with van der Waals surface area (Å²) in [5, 5.41) is 1.01. The summed E-state index contributed by atoms with van der Waals surface area (Å²) in [6.07, 6.45) is 3.72. The average Bonchev–Trinajstić information content (AvgIpc) is 2.75. The minimum Gasteiger partial charge on any atom is -0.294 e. The maximum absolute atomic E-state index is 11.3. The maximum atomic E-state index is 11.3. The Morgan fingerprint density at radius 1 is 1.44 bits per heavy atom. The van der Waals surface area contributed by atoms with Crippen LogP contribution in [0.15, 0.2) is 0 Å². The molecule has 16 heavy (non-hydrogen) atoms. The van der Waals surface area contributed by atoms with E-state index in [4.69, 9.17) is 5.84 Å². The van der Waals surface area contributed by atoms with Crippen LogP contribution in [0.3, 0.4) is 0 Å². The number of aryl methyl sites for hydroxylation is 1. The number of hydrogen-bond donors (Lipinski definition) is 2. The third-order valence-electron chi connectivity index (χ3n) is 3.15. The Hall–Kier alpha value is -1.01. The van der Waals surface area contributed by atoms with Gasteiger partial charge < -0.3 is 0 Å². The van der Waals surface area contributed by atoms with Crippen LogP contribution in [0.2, 0.25) is 0 Å². The second kappa shape index (κ2) is 4.88. The van der Waals surface area contributed by atoms with E-state index in [9.17, 15) is 4.79 Å². The van der Waals surface area contributed by atoms with Crippen molar-refractivity contribution in [2.75, 3.05) is 0 Å². The first kappa shape index (κ1) is 11.5. The molecule has 2 rings (SSSR count). The summed E-state index contributed by atoms with van der Waals surface area (Å²) in [7, 11) is 0. The number of nitrogens with two attached hydrogens (primary N) is 1. The Morgan fingerprint density at radius 3 is 2.62 bits per heavy atom. The molecule has 0 aromatic carbocycles. The van der Waals surface area contributed by atoms with Crippen molar-refractivity contribution in [3.05, 3.63) is 10.8 Å². The SMILES string of the molecule is Cc1nc(C2CCC(C(=O)NN)CC2)ns1. The van der Waals surface area contributed by atoms with Gasteiger partial charge >= 0.3 is 0 Å². The van der Waals surface area contributed by atoms with Crippen LogP contribution in [0.1, 0.15) is 42.4 Å². The number of hydrogen-bond acceptors (Lipinski definition) is 5. The fourth-order valence-electron chi connectivity index (χ4n) is 2.21. The van der Waals surface area contributed by atoms with Crippen molar-refractivity contribution in [1.82, 2.24) is 14.8 Å². The standard InChI is InChI=1S/C10H16N4OS/c1-6-12-9(14-16-6)7-2-4-8(5-3-7)10(15)13-11/h7-8H,2-5,11H2,1H3,(H,13,15). The highest BCUT2D eigenvalue weighted by atomic mass is 32.1. The normalized spacial score (nSPS) is 25.4. The van der Waals surface area contributed by atoms with Crippen LogP contribution >= 0.6 is 11.5 Å². The second-order valence-corrected chi connectivity index (χ2v) is 5.18. The van der Waals surface area contributed by atoms with Gasteiger partial charge in [0.05, 0.1) is 0 Å². The number of carbonyl (C=O) groups is 1. The molecule has 1 amide bonds. The van der Waals surface area contributed by atoms with E-state index in [1.54, 1.807) is 0 Å². The zero-order chi connectivity index (χ0) is 11.5. The highest BCUT2D eigenvalue weighted by Gasteiger charge is 2.28. The zero-order valence-electron chi connectivity index (χ0n) is 9.27. The van der Waals surface area contributed by atoms with Crippen LogP contribution in [-0.2, 0) is 4.79 Å². The number of amides is 1. The van der Waals surface area contributed by atoms with Gasteiger partial charge in [-0.2, -0.15) is 4.37 Å². The predicted molar refractivity (Wildman–Crippen MR) is 61.7 cm³/mol. The van der Waals surface area contributed by atoms with E-state index in [2.05, 4.69) is 14.8 Å². The fourth-order valence-corrected chi connectivity index (χ4v) is 2.76. The molecule has 0 radical (unpaired) electrons. The lowest BCUT2D eigenvalue weighted by atomic mass is 9.81. The number of rotatable bonds is 2. The zero-order valence-corrected chi connectivity index (χ0v) is 10.1. The highest BCUT2D eigenvalue weighted by molar-refractivity contribution is 7.05. The van der Waals surface area contributed by atoms with Crippen molar-refractivity contribution >= 4 is 17.4 Å². The van der Waals surface area contributed by atoms with E-state index in [-0.39, 0.29) is 11.8 Å². The van der Waals surface area contributed by atoms with Crippen LogP contribution in [0.25, 0.3) is 0 Å². The van der Waals surface area contributed by atoms with Crippen LogP contribution in [0.4, 0.5) is 0 Å². The van der Waals surface area contributed by atoms with E-state index in [1.807, 2.05) is 6.92 Å². The molecule has 0 saturated heterocycles. The molecule has 5 nitrogen and oxygen atoms in total. The lowest BCUT2D eigenvalue weighted by Gasteiger charge is -2.25. The minimum absolute atomic E-state index is 0.0409. The Balaban J connectivity index is 1.92. The monoisotopic (exact) mass is 240 g/mol. The van der Waals surface area contributed by atoms with Gasteiger partial charge in [0.25, 0.3) is 0 Å². The van der Waals surface area contributed by atoms with Gasteiger partial charge in [-0.3, -0.25) is 10.2 Å². The summed E-state index contributed by atoms with van der Waals surface area (Å²) in [5.74, 6) is 6.53. The van der Waals surface area contributed by atoms with Crippen LogP contribution < -0.4 is 11.3 Å². The topological polar surface area (TPSA) is 80.9 Å². The molecule has 1 fully saturated rings. The van der Waals surface area contributed by atoms with Gasteiger partial charge in [-0.25, -0.2) is 10.8 Å². The van der Waals surface area contributed by atoms with Crippen LogP contribution in [0, 0.1) is 12.8 Å². The van der Waals surface area contributed by atoms with Gasteiger partial charge in [-0.15, -0.1) is 0 Å². The summed E-state index contributed by atoms with van der Waals surface area (Å²) in [6.45, 7) is 1.97. The Morgan fingerprint density at radius 2 is 2.12 bits per heavy atom. The first-order valence-corrected chi connectivity index (χ1v) is 6.28. The molecule has 1 aromatic rings. The number of aromatic nitrogens is 2. The molecule has 0 unspecified atom stereocenters. The van der Waals surface area contributed by atoms with Gasteiger partial charge in [0.1, 0.15) is 10.8 Å². The van der Waals surface area contributed by atoms with Crippen molar-refractivity contribution in [3.63, 3.8) is 0 Å². The molecule has 1 saturated carbocycles. The van der Waals surface area contributed by atoms with Gasteiger partial charge in [-0.1, -0.05) is 0 Å². The molecule has 1 heterocycles. The summed E-state index contributed by atoms with van der Waals surface area (Å²) in [6, 6.07) is 0. The van der Waals surface area contributed by atoms with E-state index in [1.165, 1.54) is 11.5 Å². The molecular weight excluding hydrogens is 224 g/mol. The molecule has 1 aliphatic rings. The largest absolute Gasteiger partial charge is 0.294 e. The molecule has 1 aromatic heterocycles. The molecule has 88 valence electrons. The van der Waals surface area contributed by atoms with Crippen molar-refractivity contribution in [2.45, 2.75) is 38.5 Å². The number of nitrogens with one attached hydrogen (secondary N) is 1. The molecule has 1 aliphatic carbocycles. The lowest BCUT2D eigenvalue weighted by Crippen LogP contribution is -2.37. The first-order chi connectivity index (χ1) is 7.70. The van der Waals surface area contributed by atoms with E-state index in [0.717, 1.165) is 36.5 Å². The summed E-state index contributed by atoms with van der Waals surface area (Å²) in [5.41, 5.74) is 2.23. The van der Waals surface area contributed by atoms with Crippen molar-refractivity contribution in [2.24, 2.45) is 11.8 Å². The molecule has 6 heteroatoms. The maximum Gasteiger partial charge on any atom is 0.236 e. The molecule has 0 atom stereocenters. The van der Waals surface area contributed by atoms with Crippen molar-refractivity contribution < 1.29 is 4.79 Å². The van der Waals surface area contributed by atoms with Crippen molar-refractivity contribution in [3.8, 4) is 0 Å². The molecule has 0 bridgehead atoms. The Kier molecular flexibility index (Phi) is 3.50. The number of hydrazine groups is 1. The van der Waals surface area contributed by atoms with E-state index >= 15 is 0 Å².